The van der Waals surface area contributed by atoms with Crippen LogP contribution >= 0.6 is 0 Å². The summed E-state index contributed by atoms with van der Waals surface area (Å²) >= 11 is 0. The molecule has 132 valence electrons. The molecule has 0 saturated carbocycles. The fourth-order valence-corrected chi connectivity index (χ4v) is 2.29. The van der Waals surface area contributed by atoms with Crippen LogP contribution in [0, 0.1) is 16.0 Å². The van der Waals surface area contributed by atoms with Gasteiger partial charge in [0.1, 0.15) is 12.4 Å². The van der Waals surface area contributed by atoms with Gasteiger partial charge in [0, 0.05) is 12.1 Å². The average Bonchev–Trinajstić information content (AvgIpc) is 3.02. The largest absolute Gasteiger partial charge is 0.438 e. The van der Waals surface area contributed by atoms with Crippen LogP contribution in [0.25, 0.3) is 0 Å². The van der Waals surface area contributed by atoms with E-state index in [0.29, 0.717) is 0 Å². The lowest BCUT2D eigenvalue weighted by Gasteiger charge is -2.33. The molecule has 0 aliphatic carbocycles. The van der Waals surface area contributed by atoms with E-state index < -0.39 is 35.1 Å². The Morgan fingerprint density at radius 2 is 2.21 bits per heavy atom. The molecular formula is C12H14F3N5O4. The van der Waals surface area contributed by atoms with Crippen LogP contribution in [0.1, 0.15) is 20.3 Å². The number of alkyl halides is 3. The summed E-state index contributed by atoms with van der Waals surface area (Å²) in [5.74, 6) is -2.11. The first-order valence-electron chi connectivity index (χ1n) is 6.80. The molecular weight excluding hydrogens is 335 g/mol. The van der Waals surface area contributed by atoms with E-state index in [2.05, 4.69) is 10.2 Å². The number of hydrogen-bond donors (Lipinski definition) is 1. The first-order chi connectivity index (χ1) is 11.0. The van der Waals surface area contributed by atoms with Crippen molar-refractivity contribution < 1.29 is 28.0 Å². The molecule has 2 rings (SSSR count). The van der Waals surface area contributed by atoms with E-state index in [1.165, 1.54) is 13.8 Å². The van der Waals surface area contributed by atoms with Gasteiger partial charge in [-0.1, -0.05) is 6.92 Å². The first-order valence-corrected chi connectivity index (χ1v) is 6.80. The minimum absolute atomic E-state index is 0.0327. The van der Waals surface area contributed by atoms with E-state index in [0.717, 1.165) is 17.1 Å². The normalized spacial score (nSPS) is 22.4. The summed E-state index contributed by atoms with van der Waals surface area (Å²) in [6.45, 7) is 2.38. The Hall–Kier alpha value is -2.50. The van der Waals surface area contributed by atoms with Crippen molar-refractivity contribution in [2.45, 2.75) is 38.7 Å². The Morgan fingerprint density at radius 3 is 2.71 bits per heavy atom. The number of rotatable bonds is 4. The highest BCUT2D eigenvalue weighted by atomic mass is 19.4. The molecule has 0 fully saturated rings. The van der Waals surface area contributed by atoms with Crippen molar-refractivity contribution >= 4 is 17.3 Å². The van der Waals surface area contributed by atoms with Gasteiger partial charge in [0.15, 0.2) is 0 Å². The SMILES string of the molecule is CC1=NN(C(=O)[C@H](C)Cn2cc([N+](=O)[O-])cn2)[C@@](O)(C(F)(F)F)C1. The number of halogens is 3. The molecule has 24 heavy (non-hydrogen) atoms. The van der Waals surface area contributed by atoms with Gasteiger partial charge in [-0.15, -0.1) is 0 Å². The summed E-state index contributed by atoms with van der Waals surface area (Å²) in [4.78, 5) is 22.2. The molecule has 0 aromatic carbocycles. The Morgan fingerprint density at radius 1 is 1.58 bits per heavy atom. The molecule has 0 saturated heterocycles. The predicted molar refractivity (Wildman–Crippen MR) is 73.6 cm³/mol. The van der Waals surface area contributed by atoms with Crippen molar-refractivity contribution in [3.63, 3.8) is 0 Å². The maximum absolute atomic E-state index is 13.1. The van der Waals surface area contributed by atoms with Gasteiger partial charge in [0.05, 0.1) is 17.4 Å². The second-order valence-corrected chi connectivity index (χ2v) is 5.56. The highest BCUT2D eigenvalue weighted by molar-refractivity contribution is 5.89. The van der Waals surface area contributed by atoms with Crippen molar-refractivity contribution in [1.29, 1.82) is 0 Å². The van der Waals surface area contributed by atoms with Crippen LogP contribution in [-0.4, -0.2) is 48.3 Å². The number of nitrogens with zero attached hydrogens (tertiary/aromatic N) is 5. The van der Waals surface area contributed by atoms with Crippen molar-refractivity contribution in [3.8, 4) is 0 Å². The maximum Gasteiger partial charge on any atom is 0.438 e. The van der Waals surface area contributed by atoms with Crippen molar-refractivity contribution in [2.75, 3.05) is 0 Å². The zero-order valence-electron chi connectivity index (χ0n) is 12.7. The highest BCUT2D eigenvalue weighted by Gasteiger charge is 2.62. The van der Waals surface area contributed by atoms with Gasteiger partial charge in [0.2, 0.25) is 5.91 Å². The summed E-state index contributed by atoms with van der Waals surface area (Å²) in [6.07, 6.45) is -3.89. The number of hydrogen-bond acceptors (Lipinski definition) is 6. The summed E-state index contributed by atoms with van der Waals surface area (Å²) in [7, 11) is 0. The van der Waals surface area contributed by atoms with Crippen LogP contribution in [-0.2, 0) is 11.3 Å². The molecule has 1 aromatic rings. The van der Waals surface area contributed by atoms with Crippen molar-refractivity contribution in [3.05, 3.63) is 22.5 Å². The van der Waals surface area contributed by atoms with Gasteiger partial charge < -0.3 is 5.11 Å². The molecule has 1 aliphatic heterocycles. The van der Waals surface area contributed by atoms with Crippen LogP contribution in [0.2, 0.25) is 0 Å². The monoisotopic (exact) mass is 349 g/mol. The smallest absolute Gasteiger partial charge is 0.362 e. The number of aliphatic hydroxyl groups is 1. The van der Waals surface area contributed by atoms with E-state index in [-0.39, 0.29) is 23.0 Å². The van der Waals surface area contributed by atoms with Gasteiger partial charge >= 0.3 is 11.9 Å². The predicted octanol–water partition coefficient (Wildman–Crippen LogP) is 1.29. The number of carbonyl (C=O) groups is 1. The number of aromatic nitrogens is 2. The van der Waals surface area contributed by atoms with E-state index in [1.807, 2.05) is 0 Å². The Balaban J connectivity index is 2.18. The minimum Gasteiger partial charge on any atom is -0.362 e. The molecule has 0 unspecified atom stereocenters. The molecule has 0 spiro atoms. The molecule has 1 aliphatic rings. The molecule has 1 amide bonds. The number of nitro groups is 1. The van der Waals surface area contributed by atoms with Crippen molar-refractivity contribution in [1.82, 2.24) is 14.8 Å². The summed E-state index contributed by atoms with van der Waals surface area (Å²) in [5, 5.41) is 27.6. The zero-order chi connectivity index (χ0) is 18.3. The number of amides is 1. The Bertz CT molecular complexity index is 701. The van der Waals surface area contributed by atoms with Gasteiger partial charge in [-0.25, -0.2) is 0 Å². The van der Waals surface area contributed by atoms with E-state index in [9.17, 15) is 33.2 Å². The lowest BCUT2D eigenvalue weighted by atomic mass is 10.1. The molecule has 12 heteroatoms. The van der Waals surface area contributed by atoms with Crippen LogP contribution in [0.3, 0.4) is 0 Å². The van der Waals surface area contributed by atoms with Crippen LogP contribution in [0.15, 0.2) is 17.5 Å². The standard InChI is InChI=1S/C12H14F3N5O4/c1-7(5-18-6-9(4-16-18)20(23)24)10(21)19-11(22,12(13,14)15)3-8(2)17-19/h4,6-7,22H,3,5H2,1-2H3/t7-,11+/m1/s1. The van der Waals surface area contributed by atoms with Crippen LogP contribution in [0.4, 0.5) is 18.9 Å². The van der Waals surface area contributed by atoms with E-state index >= 15 is 0 Å². The molecule has 2 atom stereocenters. The van der Waals surface area contributed by atoms with E-state index in [4.69, 9.17) is 0 Å². The summed E-state index contributed by atoms with van der Waals surface area (Å²) < 4.78 is 40.4. The summed E-state index contributed by atoms with van der Waals surface area (Å²) in [5.41, 5.74) is -3.74. The lowest BCUT2D eigenvalue weighted by Crippen LogP contribution is -2.57. The van der Waals surface area contributed by atoms with Gasteiger partial charge in [-0.3, -0.25) is 19.6 Å². The highest BCUT2D eigenvalue weighted by Crippen LogP contribution is 2.40. The molecule has 2 heterocycles. The third-order valence-electron chi connectivity index (χ3n) is 3.50. The number of carbonyl (C=O) groups excluding carboxylic acids is 1. The van der Waals surface area contributed by atoms with Crippen molar-refractivity contribution in [2.24, 2.45) is 11.0 Å². The lowest BCUT2D eigenvalue weighted by molar-refractivity contribution is -0.385. The Kier molecular flexibility index (Phi) is 4.35. The third-order valence-corrected chi connectivity index (χ3v) is 3.50. The molecule has 9 nitrogen and oxygen atoms in total. The Labute approximate surface area is 133 Å². The van der Waals surface area contributed by atoms with E-state index in [1.54, 1.807) is 0 Å². The first kappa shape index (κ1) is 17.8. The maximum atomic E-state index is 13.1. The minimum atomic E-state index is -5.08. The van der Waals surface area contributed by atoms with Crippen LogP contribution < -0.4 is 0 Å². The zero-order valence-corrected chi connectivity index (χ0v) is 12.7. The molecule has 0 radical (unpaired) electrons. The number of hydrazone groups is 1. The fraction of sp³-hybridized carbons (Fsp3) is 0.583. The topological polar surface area (TPSA) is 114 Å². The second-order valence-electron chi connectivity index (χ2n) is 5.56. The quantitative estimate of drug-likeness (QED) is 0.650. The second kappa shape index (κ2) is 5.85. The van der Waals surface area contributed by atoms with Crippen LogP contribution in [0.5, 0.6) is 0 Å². The van der Waals surface area contributed by atoms with Gasteiger partial charge in [-0.05, 0) is 6.92 Å². The van der Waals surface area contributed by atoms with Gasteiger partial charge in [0.25, 0.3) is 5.72 Å². The third kappa shape index (κ3) is 3.09. The molecule has 1 aromatic heterocycles. The summed E-state index contributed by atoms with van der Waals surface area (Å²) in [6, 6.07) is 0. The van der Waals surface area contributed by atoms with Gasteiger partial charge in [-0.2, -0.15) is 28.4 Å². The fourth-order valence-electron chi connectivity index (χ4n) is 2.29. The molecule has 1 N–H and O–H groups in total. The molecule has 0 bridgehead atoms. The average molecular weight is 349 g/mol.